The number of rotatable bonds is 6. The maximum absolute atomic E-state index is 5.35. The minimum Gasteiger partial charge on any atom is -0.308 e. The Morgan fingerprint density at radius 2 is 0.772 bits per heavy atom. The molecule has 266 valence electrons. The van der Waals surface area contributed by atoms with Crippen LogP contribution < -0.4 is 0 Å². The van der Waals surface area contributed by atoms with Crippen molar-refractivity contribution in [2.45, 2.75) is 0 Å². The zero-order valence-corrected chi connectivity index (χ0v) is 30.9. The van der Waals surface area contributed by atoms with Crippen molar-refractivity contribution < 1.29 is 0 Å². The molecule has 57 heavy (non-hydrogen) atoms. The highest BCUT2D eigenvalue weighted by Gasteiger charge is 2.20. The van der Waals surface area contributed by atoms with E-state index in [0.29, 0.717) is 17.5 Å². The quantitative estimate of drug-likeness (QED) is 0.160. The Kier molecular flexibility index (Phi) is 7.78. The molecule has 0 spiro atoms. The highest BCUT2D eigenvalue weighted by atomic mass is 15.1. The lowest BCUT2D eigenvalue weighted by Gasteiger charge is -2.16. The zero-order chi connectivity index (χ0) is 37.7. The smallest absolute Gasteiger partial charge is 0.166 e. The monoisotopic (exact) mass is 726 g/mol. The topological polar surface area (TPSA) is 43.6 Å². The molecule has 0 aliphatic carbocycles. The summed E-state index contributed by atoms with van der Waals surface area (Å²) < 4.78 is 2.37. The van der Waals surface area contributed by atoms with E-state index in [4.69, 9.17) is 15.0 Å². The van der Waals surface area contributed by atoms with E-state index in [1.165, 1.54) is 26.9 Å². The highest BCUT2D eigenvalue weighted by Crippen LogP contribution is 2.39. The molecule has 2 aromatic heterocycles. The summed E-state index contributed by atoms with van der Waals surface area (Å²) in [6.07, 6.45) is 0. The Morgan fingerprint density at radius 3 is 1.47 bits per heavy atom. The van der Waals surface area contributed by atoms with Gasteiger partial charge in [-0.05, 0) is 80.2 Å². The fraction of sp³-hybridized carbons (Fsp3) is 0. The van der Waals surface area contributed by atoms with Gasteiger partial charge < -0.3 is 4.57 Å². The number of benzene rings is 9. The first kappa shape index (κ1) is 32.7. The summed E-state index contributed by atoms with van der Waals surface area (Å²) in [6.45, 7) is 0. The van der Waals surface area contributed by atoms with E-state index in [0.717, 1.165) is 61.1 Å². The molecule has 0 saturated heterocycles. The molecule has 0 radical (unpaired) electrons. The molecule has 0 aliphatic heterocycles. The molecule has 4 heteroatoms. The summed E-state index contributed by atoms with van der Waals surface area (Å²) in [5.41, 5.74) is 10.5. The summed E-state index contributed by atoms with van der Waals surface area (Å²) in [6, 6.07) is 72.8. The van der Waals surface area contributed by atoms with Gasteiger partial charge in [0.25, 0.3) is 0 Å². The molecule has 0 saturated carbocycles. The van der Waals surface area contributed by atoms with Crippen LogP contribution in [0.25, 0.3) is 105 Å². The summed E-state index contributed by atoms with van der Waals surface area (Å²) in [5.74, 6) is 1.84. The van der Waals surface area contributed by atoms with Crippen LogP contribution in [-0.4, -0.2) is 19.5 Å². The molecule has 4 nitrogen and oxygen atoms in total. The Bertz CT molecular complexity index is 3240. The van der Waals surface area contributed by atoms with Gasteiger partial charge in [-0.3, -0.25) is 0 Å². The van der Waals surface area contributed by atoms with Gasteiger partial charge in [0, 0.05) is 27.5 Å². The molecule has 11 aromatic rings. The van der Waals surface area contributed by atoms with Gasteiger partial charge in [0.15, 0.2) is 17.5 Å². The van der Waals surface area contributed by atoms with Crippen LogP contribution in [0.1, 0.15) is 0 Å². The van der Waals surface area contributed by atoms with Crippen LogP contribution in [0.5, 0.6) is 0 Å². The van der Waals surface area contributed by atoms with Crippen LogP contribution in [0.3, 0.4) is 0 Å². The van der Waals surface area contributed by atoms with Crippen LogP contribution in [-0.2, 0) is 0 Å². The standard InChI is InChI=1S/C53H34N4/c1-3-14-35(15-4-1)38-19-13-20-41(32-38)51-54-52(42-29-30-44-40(33-42)27-26-37-18-7-8-21-43(37)44)56-53(55-51)47-31-28-39(36-16-5-2-6-17-36)34-50(47)57-48-24-11-9-22-45(48)46-23-10-12-25-49(46)57/h1-34H. The molecule has 2 heterocycles. The predicted octanol–water partition coefficient (Wildman–Crippen LogP) is 13.6. The first-order valence-electron chi connectivity index (χ1n) is 19.3. The first-order valence-corrected chi connectivity index (χ1v) is 19.3. The van der Waals surface area contributed by atoms with Gasteiger partial charge in [-0.15, -0.1) is 0 Å². The van der Waals surface area contributed by atoms with Gasteiger partial charge in [0.05, 0.1) is 16.7 Å². The second-order valence-electron chi connectivity index (χ2n) is 14.4. The Hall–Kier alpha value is -7.69. The Balaban J connectivity index is 1.18. The van der Waals surface area contributed by atoms with E-state index in [9.17, 15) is 0 Å². The summed E-state index contributed by atoms with van der Waals surface area (Å²) in [4.78, 5) is 15.9. The fourth-order valence-electron chi connectivity index (χ4n) is 8.27. The van der Waals surface area contributed by atoms with Crippen molar-refractivity contribution in [1.82, 2.24) is 19.5 Å². The number of hydrogen-bond donors (Lipinski definition) is 0. The molecule has 0 atom stereocenters. The largest absolute Gasteiger partial charge is 0.308 e. The van der Waals surface area contributed by atoms with Crippen LogP contribution >= 0.6 is 0 Å². The van der Waals surface area contributed by atoms with Crippen molar-refractivity contribution >= 4 is 43.4 Å². The maximum atomic E-state index is 5.35. The van der Waals surface area contributed by atoms with Crippen molar-refractivity contribution in [3.63, 3.8) is 0 Å². The van der Waals surface area contributed by atoms with Crippen LogP contribution in [0.15, 0.2) is 206 Å². The molecular weight excluding hydrogens is 693 g/mol. The van der Waals surface area contributed by atoms with E-state index >= 15 is 0 Å². The lowest BCUT2D eigenvalue weighted by molar-refractivity contribution is 1.07. The third-order valence-corrected chi connectivity index (χ3v) is 11.0. The van der Waals surface area contributed by atoms with Crippen LogP contribution in [0, 0.1) is 0 Å². The number of aromatic nitrogens is 4. The molecule has 0 N–H and O–H groups in total. The van der Waals surface area contributed by atoms with Crippen molar-refractivity contribution in [2.24, 2.45) is 0 Å². The van der Waals surface area contributed by atoms with Crippen molar-refractivity contribution in [3.8, 4) is 62.1 Å². The van der Waals surface area contributed by atoms with E-state index in [-0.39, 0.29) is 0 Å². The maximum Gasteiger partial charge on any atom is 0.166 e. The fourth-order valence-corrected chi connectivity index (χ4v) is 8.27. The lowest BCUT2D eigenvalue weighted by Crippen LogP contribution is -2.04. The van der Waals surface area contributed by atoms with Gasteiger partial charge in [-0.1, -0.05) is 170 Å². The van der Waals surface area contributed by atoms with E-state index in [1.807, 2.05) is 6.07 Å². The third kappa shape index (κ3) is 5.74. The summed E-state index contributed by atoms with van der Waals surface area (Å²) >= 11 is 0. The highest BCUT2D eigenvalue weighted by molar-refractivity contribution is 6.10. The van der Waals surface area contributed by atoms with Gasteiger partial charge in [-0.25, -0.2) is 15.0 Å². The number of hydrogen-bond acceptors (Lipinski definition) is 3. The van der Waals surface area contributed by atoms with Crippen molar-refractivity contribution in [1.29, 1.82) is 0 Å². The van der Waals surface area contributed by atoms with E-state index in [1.54, 1.807) is 0 Å². The van der Waals surface area contributed by atoms with Crippen LogP contribution in [0.2, 0.25) is 0 Å². The molecule has 0 bridgehead atoms. The van der Waals surface area contributed by atoms with Gasteiger partial charge >= 0.3 is 0 Å². The average molecular weight is 727 g/mol. The molecule has 0 unspecified atom stereocenters. The Labute approximate surface area is 330 Å². The van der Waals surface area contributed by atoms with Crippen molar-refractivity contribution in [3.05, 3.63) is 206 Å². The lowest BCUT2D eigenvalue weighted by atomic mass is 9.99. The minimum atomic E-state index is 0.607. The van der Waals surface area contributed by atoms with E-state index < -0.39 is 0 Å². The zero-order valence-electron chi connectivity index (χ0n) is 30.9. The molecule has 9 aromatic carbocycles. The normalized spacial score (nSPS) is 11.5. The first-order chi connectivity index (χ1) is 28.2. The van der Waals surface area contributed by atoms with Gasteiger partial charge in [0.1, 0.15) is 0 Å². The van der Waals surface area contributed by atoms with Gasteiger partial charge in [-0.2, -0.15) is 0 Å². The third-order valence-electron chi connectivity index (χ3n) is 11.0. The Morgan fingerprint density at radius 1 is 0.281 bits per heavy atom. The molecule has 0 fully saturated rings. The summed E-state index contributed by atoms with van der Waals surface area (Å²) in [5, 5.41) is 7.18. The average Bonchev–Trinajstić information content (AvgIpc) is 3.63. The van der Waals surface area contributed by atoms with E-state index in [2.05, 4.69) is 205 Å². The molecule has 11 rings (SSSR count). The number of nitrogens with zero attached hydrogens (tertiary/aromatic N) is 4. The SMILES string of the molecule is c1ccc(-c2cccc(-c3nc(-c4ccc5c(ccc6ccccc65)c4)nc(-c4ccc(-c5ccccc5)cc4-n4c5ccccc5c5ccccc54)n3)c2)cc1. The minimum absolute atomic E-state index is 0.607. The molecule has 0 aliphatic rings. The number of fused-ring (bicyclic) bond motifs is 6. The second-order valence-corrected chi connectivity index (χ2v) is 14.4. The number of para-hydroxylation sites is 2. The molecular formula is C53H34N4. The predicted molar refractivity (Wildman–Crippen MR) is 236 cm³/mol. The van der Waals surface area contributed by atoms with Crippen molar-refractivity contribution in [2.75, 3.05) is 0 Å². The van der Waals surface area contributed by atoms with Crippen LogP contribution in [0.4, 0.5) is 0 Å². The molecule has 0 amide bonds. The summed E-state index contributed by atoms with van der Waals surface area (Å²) in [7, 11) is 0. The van der Waals surface area contributed by atoms with Gasteiger partial charge in [0.2, 0.25) is 0 Å². The second kappa shape index (κ2) is 13.6.